The summed E-state index contributed by atoms with van der Waals surface area (Å²) in [6.45, 7) is 4.31. The van der Waals surface area contributed by atoms with Crippen molar-refractivity contribution in [1.29, 1.82) is 0 Å². The number of hydrogen-bond donors (Lipinski definition) is 1. The summed E-state index contributed by atoms with van der Waals surface area (Å²) in [4.78, 5) is 29.6. The maximum absolute atomic E-state index is 12.4. The molecule has 2 aromatic rings. The SMILES string of the molecule is CCC(=O)N(Cc1cc2ccc(C)cc2[nH]c1=O)C1CCCC1. The van der Waals surface area contributed by atoms with Gasteiger partial charge in [0.15, 0.2) is 0 Å². The van der Waals surface area contributed by atoms with Gasteiger partial charge in [-0.2, -0.15) is 0 Å². The second-order valence-electron chi connectivity index (χ2n) is 6.53. The van der Waals surface area contributed by atoms with Crippen LogP contribution in [0.5, 0.6) is 0 Å². The summed E-state index contributed by atoms with van der Waals surface area (Å²) < 4.78 is 0. The molecule has 1 fully saturated rings. The molecule has 23 heavy (non-hydrogen) atoms. The number of benzene rings is 1. The van der Waals surface area contributed by atoms with Gasteiger partial charge in [0.25, 0.3) is 5.56 Å². The third kappa shape index (κ3) is 3.31. The van der Waals surface area contributed by atoms with Gasteiger partial charge in [0.1, 0.15) is 0 Å². The van der Waals surface area contributed by atoms with Gasteiger partial charge < -0.3 is 9.88 Å². The zero-order valence-electron chi connectivity index (χ0n) is 13.9. The van der Waals surface area contributed by atoms with Crippen molar-refractivity contribution in [1.82, 2.24) is 9.88 Å². The number of aryl methyl sites for hydroxylation is 1. The van der Waals surface area contributed by atoms with Gasteiger partial charge in [0.2, 0.25) is 5.91 Å². The fraction of sp³-hybridized carbons (Fsp3) is 0.474. The van der Waals surface area contributed by atoms with Crippen molar-refractivity contribution in [3.05, 3.63) is 45.7 Å². The van der Waals surface area contributed by atoms with Crippen molar-refractivity contribution in [3.63, 3.8) is 0 Å². The molecule has 1 heterocycles. The summed E-state index contributed by atoms with van der Waals surface area (Å²) in [7, 11) is 0. The van der Waals surface area contributed by atoms with Crippen LogP contribution >= 0.6 is 0 Å². The summed E-state index contributed by atoms with van der Waals surface area (Å²) >= 11 is 0. The molecule has 1 N–H and O–H groups in total. The van der Waals surface area contributed by atoms with Crippen LogP contribution in [0.2, 0.25) is 0 Å². The number of fused-ring (bicyclic) bond motifs is 1. The minimum atomic E-state index is -0.0880. The fourth-order valence-corrected chi connectivity index (χ4v) is 3.50. The summed E-state index contributed by atoms with van der Waals surface area (Å²) in [5.74, 6) is 0.139. The van der Waals surface area contributed by atoms with E-state index in [1.165, 1.54) is 12.8 Å². The van der Waals surface area contributed by atoms with Crippen LogP contribution in [0.15, 0.2) is 29.1 Å². The van der Waals surface area contributed by atoms with Crippen LogP contribution in [0.1, 0.15) is 50.2 Å². The Morgan fingerprint density at radius 2 is 2.00 bits per heavy atom. The van der Waals surface area contributed by atoms with Crippen molar-refractivity contribution in [2.45, 2.75) is 58.5 Å². The smallest absolute Gasteiger partial charge is 0.253 e. The summed E-state index contributed by atoms with van der Waals surface area (Å²) in [6, 6.07) is 8.25. The Bertz CT molecular complexity index is 773. The molecule has 0 atom stereocenters. The minimum absolute atomic E-state index is 0.0880. The van der Waals surface area contributed by atoms with Gasteiger partial charge in [-0.1, -0.05) is 31.9 Å². The van der Waals surface area contributed by atoms with Crippen LogP contribution < -0.4 is 5.56 Å². The maximum Gasteiger partial charge on any atom is 0.253 e. The number of carbonyl (C=O) groups excluding carboxylic acids is 1. The summed E-state index contributed by atoms with van der Waals surface area (Å²) in [5.41, 5.74) is 2.56. The summed E-state index contributed by atoms with van der Waals surface area (Å²) in [6.07, 6.45) is 4.94. The number of nitrogens with zero attached hydrogens (tertiary/aromatic N) is 1. The lowest BCUT2D eigenvalue weighted by molar-refractivity contribution is -0.133. The molecule has 1 amide bonds. The molecule has 0 bridgehead atoms. The predicted octanol–water partition coefficient (Wildman–Crippen LogP) is 3.52. The highest BCUT2D eigenvalue weighted by molar-refractivity contribution is 5.80. The zero-order chi connectivity index (χ0) is 16.4. The Balaban J connectivity index is 1.94. The molecule has 1 aromatic carbocycles. The number of amides is 1. The van der Waals surface area contributed by atoms with E-state index < -0.39 is 0 Å². The third-order valence-electron chi connectivity index (χ3n) is 4.81. The highest BCUT2D eigenvalue weighted by Gasteiger charge is 2.26. The van der Waals surface area contributed by atoms with Crippen molar-refractivity contribution >= 4 is 16.8 Å². The van der Waals surface area contributed by atoms with E-state index in [4.69, 9.17) is 0 Å². The van der Waals surface area contributed by atoms with E-state index in [9.17, 15) is 9.59 Å². The zero-order valence-corrected chi connectivity index (χ0v) is 13.9. The molecule has 3 rings (SSSR count). The molecule has 0 radical (unpaired) electrons. The van der Waals surface area contributed by atoms with Gasteiger partial charge in [-0.25, -0.2) is 0 Å². The average Bonchev–Trinajstić information content (AvgIpc) is 3.06. The van der Waals surface area contributed by atoms with E-state index in [2.05, 4.69) is 4.98 Å². The van der Waals surface area contributed by atoms with E-state index in [1.54, 1.807) is 0 Å². The molecular weight excluding hydrogens is 288 g/mol. The number of aromatic nitrogens is 1. The van der Waals surface area contributed by atoms with E-state index in [0.29, 0.717) is 18.5 Å². The number of H-pyrrole nitrogens is 1. The molecule has 1 aliphatic carbocycles. The second kappa shape index (κ2) is 6.57. The van der Waals surface area contributed by atoms with Crippen molar-refractivity contribution in [3.8, 4) is 0 Å². The number of pyridine rings is 1. The largest absolute Gasteiger partial charge is 0.335 e. The van der Waals surface area contributed by atoms with Crippen LogP contribution in [0.25, 0.3) is 10.9 Å². The molecule has 4 nitrogen and oxygen atoms in total. The minimum Gasteiger partial charge on any atom is -0.335 e. The first-order valence-corrected chi connectivity index (χ1v) is 8.50. The molecule has 1 saturated carbocycles. The van der Waals surface area contributed by atoms with Gasteiger partial charge in [-0.3, -0.25) is 9.59 Å². The monoisotopic (exact) mass is 312 g/mol. The molecule has 0 unspecified atom stereocenters. The van der Waals surface area contributed by atoms with Crippen molar-refractivity contribution in [2.24, 2.45) is 0 Å². The van der Waals surface area contributed by atoms with Crippen molar-refractivity contribution in [2.75, 3.05) is 0 Å². The van der Waals surface area contributed by atoms with Gasteiger partial charge in [-0.15, -0.1) is 0 Å². The number of aromatic amines is 1. The van der Waals surface area contributed by atoms with Crippen molar-refractivity contribution < 1.29 is 4.79 Å². The Kier molecular flexibility index (Phi) is 4.51. The van der Waals surface area contributed by atoms with E-state index >= 15 is 0 Å². The van der Waals surface area contributed by atoms with Crippen LogP contribution in [0.3, 0.4) is 0 Å². The fourth-order valence-electron chi connectivity index (χ4n) is 3.50. The molecule has 0 aliphatic heterocycles. The topological polar surface area (TPSA) is 53.2 Å². The lowest BCUT2D eigenvalue weighted by Gasteiger charge is -2.28. The third-order valence-corrected chi connectivity index (χ3v) is 4.81. The predicted molar refractivity (Wildman–Crippen MR) is 92.4 cm³/mol. The highest BCUT2D eigenvalue weighted by atomic mass is 16.2. The molecule has 4 heteroatoms. The lowest BCUT2D eigenvalue weighted by atomic mass is 10.1. The van der Waals surface area contributed by atoms with E-state index in [-0.39, 0.29) is 17.5 Å². The second-order valence-corrected chi connectivity index (χ2v) is 6.53. The quantitative estimate of drug-likeness (QED) is 0.939. The van der Waals surface area contributed by atoms with Crippen LogP contribution in [0, 0.1) is 6.92 Å². The van der Waals surface area contributed by atoms with Gasteiger partial charge in [-0.05, 0) is 42.8 Å². The standard InChI is InChI=1S/C19H24N2O2/c1-3-18(22)21(16-6-4-5-7-16)12-15-11-14-9-8-13(2)10-17(14)20-19(15)23/h8-11,16H,3-7,12H2,1-2H3,(H,20,23). The lowest BCUT2D eigenvalue weighted by Crippen LogP contribution is -2.39. The number of rotatable bonds is 4. The van der Waals surface area contributed by atoms with E-state index in [1.807, 2.05) is 43.0 Å². The Morgan fingerprint density at radius 1 is 1.26 bits per heavy atom. The normalized spacial score (nSPS) is 15.2. The maximum atomic E-state index is 12.4. The van der Waals surface area contributed by atoms with Gasteiger partial charge in [0.05, 0.1) is 6.54 Å². The van der Waals surface area contributed by atoms with Gasteiger partial charge in [0, 0.05) is 23.5 Å². The van der Waals surface area contributed by atoms with Crippen LogP contribution in [0.4, 0.5) is 0 Å². The molecule has 1 aliphatic rings. The number of hydrogen-bond acceptors (Lipinski definition) is 2. The first-order chi connectivity index (χ1) is 11.1. The summed E-state index contributed by atoms with van der Waals surface area (Å²) in [5, 5.41) is 1.01. The molecule has 1 aromatic heterocycles. The first-order valence-electron chi connectivity index (χ1n) is 8.50. The average molecular weight is 312 g/mol. The first kappa shape index (κ1) is 15.8. The molecular formula is C19H24N2O2. The molecule has 122 valence electrons. The van der Waals surface area contributed by atoms with E-state index in [0.717, 1.165) is 29.3 Å². The van der Waals surface area contributed by atoms with Crippen LogP contribution in [-0.2, 0) is 11.3 Å². The Labute approximate surface area is 136 Å². The van der Waals surface area contributed by atoms with Gasteiger partial charge >= 0.3 is 0 Å². The highest BCUT2D eigenvalue weighted by Crippen LogP contribution is 2.25. The number of carbonyl (C=O) groups is 1. The number of nitrogens with one attached hydrogen (secondary N) is 1. The Morgan fingerprint density at radius 3 is 2.70 bits per heavy atom. The Hall–Kier alpha value is -2.10. The van der Waals surface area contributed by atoms with Crippen LogP contribution in [-0.4, -0.2) is 21.8 Å². The molecule has 0 spiro atoms. The molecule has 0 saturated heterocycles.